The quantitative estimate of drug-likeness (QED) is 0.830. The zero-order valence-electron chi connectivity index (χ0n) is 11.7. The first kappa shape index (κ1) is 15.9. The maximum absolute atomic E-state index is 11.7. The Morgan fingerprint density at radius 3 is 2.23 bits per heavy atom. The second-order valence-electron chi connectivity index (χ2n) is 4.50. The highest BCUT2D eigenvalue weighted by molar-refractivity contribution is 6.30. The van der Waals surface area contributed by atoms with Crippen LogP contribution in [0.3, 0.4) is 0 Å². The van der Waals surface area contributed by atoms with Crippen LogP contribution in [-0.4, -0.2) is 18.4 Å². The van der Waals surface area contributed by atoms with Crippen LogP contribution in [0.4, 0.5) is 0 Å². The van der Waals surface area contributed by atoms with Gasteiger partial charge in [-0.05, 0) is 29.8 Å². The van der Waals surface area contributed by atoms with E-state index in [1.54, 1.807) is 48.5 Å². The fourth-order valence-corrected chi connectivity index (χ4v) is 1.80. The second-order valence-corrected chi connectivity index (χ2v) is 4.94. The SMILES string of the molecule is O=C(COc1ccccc1)NNC(=O)Cc1ccc(Cl)cc1. The van der Waals surface area contributed by atoms with E-state index in [4.69, 9.17) is 16.3 Å². The van der Waals surface area contributed by atoms with Gasteiger partial charge in [-0.15, -0.1) is 0 Å². The van der Waals surface area contributed by atoms with Crippen molar-refractivity contribution >= 4 is 23.4 Å². The van der Waals surface area contributed by atoms with Gasteiger partial charge in [0.15, 0.2) is 6.61 Å². The number of rotatable bonds is 5. The molecule has 0 bridgehead atoms. The zero-order chi connectivity index (χ0) is 15.8. The van der Waals surface area contributed by atoms with Crippen molar-refractivity contribution in [2.75, 3.05) is 6.61 Å². The van der Waals surface area contributed by atoms with Gasteiger partial charge >= 0.3 is 0 Å². The molecule has 0 aliphatic rings. The van der Waals surface area contributed by atoms with Crippen molar-refractivity contribution in [3.63, 3.8) is 0 Å². The van der Waals surface area contributed by atoms with Crippen molar-refractivity contribution < 1.29 is 14.3 Å². The third kappa shape index (κ3) is 5.46. The molecule has 0 radical (unpaired) electrons. The first-order chi connectivity index (χ1) is 10.6. The summed E-state index contributed by atoms with van der Waals surface area (Å²) in [5, 5.41) is 0.607. The van der Waals surface area contributed by atoms with Crippen LogP contribution in [0.2, 0.25) is 5.02 Å². The molecule has 0 aliphatic heterocycles. The molecule has 22 heavy (non-hydrogen) atoms. The summed E-state index contributed by atoms with van der Waals surface area (Å²) >= 11 is 5.76. The molecule has 0 unspecified atom stereocenters. The van der Waals surface area contributed by atoms with E-state index < -0.39 is 5.91 Å². The van der Waals surface area contributed by atoms with Crippen molar-refractivity contribution in [2.45, 2.75) is 6.42 Å². The molecule has 0 aliphatic carbocycles. The molecule has 0 saturated heterocycles. The van der Waals surface area contributed by atoms with Crippen LogP contribution >= 0.6 is 11.6 Å². The first-order valence-corrected chi connectivity index (χ1v) is 7.01. The number of amides is 2. The molecule has 5 nitrogen and oxygen atoms in total. The Hall–Kier alpha value is -2.53. The highest BCUT2D eigenvalue weighted by Crippen LogP contribution is 2.09. The number of ether oxygens (including phenoxy) is 1. The van der Waals surface area contributed by atoms with Gasteiger partial charge in [-0.1, -0.05) is 41.9 Å². The molecular weight excluding hydrogens is 304 g/mol. The first-order valence-electron chi connectivity index (χ1n) is 6.63. The third-order valence-electron chi connectivity index (χ3n) is 2.73. The highest BCUT2D eigenvalue weighted by atomic mass is 35.5. The van der Waals surface area contributed by atoms with Crippen LogP contribution in [0, 0.1) is 0 Å². The predicted octanol–water partition coefficient (Wildman–Crippen LogP) is 2.11. The molecule has 0 aromatic heterocycles. The minimum atomic E-state index is -0.437. The summed E-state index contributed by atoms with van der Waals surface area (Å²) in [5.74, 6) is -0.172. The van der Waals surface area contributed by atoms with E-state index >= 15 is 0 Å². The van der Waals surface area contributed by atoms with Gasteiger partial charge in [-0.3, -0.25) is 20.4 Å². The van der Waals surface area contributed by atoms with Gasteiger partial charge in [-0.25, -0.2) is 0 Å². The van der Waals surface area contributed by atoms with Crippen molar-refractivity contribution in [2.24, 2.45) is 0 Å². The smallest absolute Gasteiger partial charge is 0.276 e. The Morgan fingerprint density at radius 1 is 0.909 bits per heavy atom. The lowest BCUT2D eigenvalue weighted by Gasteiger charge is -2.08. The van der Waals surface area contributed by atoms with Gasteiger partial charge in [0.25, 0.3) is 5.91 Å². The topological polar surface area (TPSA) is 67.4 Å². The monoisotopic (exact) mass is 318 g/mol. The van der Waals surface area contributed by atoms with Gasteiger partial charge in [0.05, 0.1) is 6.42 Å². The molecule has 2 amide bonds. The van der Waals surface area contributed by atoms with E-state index in [9.17, 15) is 9.59 Å². The Balaban J connectivity index is 1.69. The number of hydrogen-bond acceptors (Lipinski definition) is 3. The zero-order valence-corrected chi connectivity index (χ0v) is 12.5. The molecule has 0 saturated carbocycles. The molecule has 0 fully saturated rings. The van der Waals surface area contributed by atoms with Gasteiger partial charge in [0.1, 0.15) is 5.75 Å². The van der Waals surface area contributed by atoms with E-state index in [1.807, 2.05) is 6.07 Å². The lowest BCUT2D eigenvalue weighted by Crippen LogP contribution is -2.44. The van der Waals surface area contributed by atoms with Crippen LogP contribution < -0.4 is 15.6 Å². The van der Waals surface area contributed by atoms with E-state index in [1.165, 1.54) is 0 Å². The highest BCUT2D eigenvalue weighted by Gasteiger charge is 2.06. The summed E-state index contributed by atoms with van der Waals surface area (Å²) in [5.41, 5.74) is 5.43. The van der Waals surface area contributed by atoms with E-state index in [2.05, 4.69) is 10.9 Å². The van der Waals surface area contributed by atoms with Gasteiger partial charge < -0.3 is 4.74 Å². The normalized spacial score (nSPS) is 9.86. The molecule has 0 heterocycles. The number of nitrogens with one attached hydrogen (secondary N) is 2. The predicted molar refractivity (Wildman–Crippen MR) is 83.4 cm³/mol. The number of halogens is 1. The molecule has 2 aromatic carbocycles. The molecule has 2 N–H and O–H groups in total. The Bertz CT molecular complexity index is 630. The second kappa shape index (κ2) is 8.05. The fourth-order valence-electron chi connectivity index (χ4n) is 1.67. The van der Waals surface area contributed by atoms with Crippen LogP contribution in [0.15, 0.2) is 54.6 Å². The summed E-state index contributed by atoms with van der Waals surface area (Å²) in [4.78, 5) is 23.2. The number of para-hydroxylation sites is 1. The molecular formula is C16H15ClN2O3. The average Bonchev–Trinajstić information content (AvgIpc) is 2.54. The molecule has 114 valence electrons. The largest absolute Gasteiger partial charge is 0.484 e. The van der Waals surface area contributed by atoms with Crippen molar-refractivity contribution in [3.8, 4) is 5.75 Å². The summed E-state index contributed by atoms with van der Waals surface area (Å²) in [7, 11) is 0. The van der Waals surface area contributed by atoms with Crippen molar-refractivity contribution in [1.82, 2.24) is 10.9 Å². The summed E-state index contributed by atoms with van der Waals surface area (Å²) in [6.07, 6.45) is 0.150. The van der Waals surface area contributed by atoms with Crippen molar-refractivity contribution in [3.05, 3.63) is 65.2 Å². The number of carbonyl (C=O) groups is 2. The molecule has 0 atom stereocenters. The van der Waals surface area contributed by atoms with E-state index in [0.717, 1.165) is 5.56 Å². The lowest BCUT2D eigenvalue weighted by atomic mass is 10.1. The lowest BCUT2D eigenvalue weighted by molar-refractivity contribution is -0.129. The summed E-state index contributed by atoms with van der Waals surface area (Å²) in [6.45, 7) is -0.175. The minimum Gasteiger partial charge on any atom is -0.484 e. The molecule has 2 rings (SSSR count). The summed E-state index contributed by atoms with van der Waals surface area (Å²) < 4.78 is 5.25. The molecule has 0 spiro atoms. The Morgan fingerprint density at radius 2 is 1.55 bits per heavy atom. The molecule has 6 heteroatoms. The number of hydrogen-bond donors (Lipinski definition) is 2. The average molecular weight is 319 g/mol. The number of carbonyl (C=O) groups excluding carboxylic acids is 2. The van der Waals surface area contributed by atoms with Crippen LogP contribution in [0.1, 0.15) is 5.56 Å². The van der Waals surface area contributed by atoms with Gasteiger partial charge in [0, 0.05) is 5.02 Å². The van der Waals surface area contributed by atoms with Gasteiger partial charge in [-0.2, -0.15) is 0 Å². The number of hydrazine groups is 1. The number of benzene rings is 2. The van der Waals surface area contributed by atoms with Gasteiger partial charge in [0.2, 0.25) is 5.91 Å². The Kier molecular flexibility index (Phi) is 5.80. The molecule has 2 aromatic rings. The maximum Gasteiger partial charge on any atom is 0.276 e. The third-order valence-corrected chi connectivity index (χ3v) is 2.98. The van der Waals surface area contributed by atoms with Crippen molar-refractivity contribution in [1.29, 1.82) is 0 Å². The van der Waals surface area contributed by atoms with E-state index in [0.29, 0.717) is 10.8 Å². The van der Waals surface area contributed by atoms with Crippen LogP contribution in [-0.2, 0) is 16.0 Å². The minimum absolute atomic E-state index is 0.150. The van der Waals surface area contributed by atoms with Crippen LogP contribution in [0.5, 0.6) is 5.75 Å². The Labute approximate surface area is 133 Å². The van der Waals surface area contributed by atoms with Crippen LogP contribution in [0.25, 0.3) is 0 Å². The maximum atomic E-state index is 11.7. The fraction of sp³-hybridized carbons (Fsp3) is 0.125. The van der Waals surface area contributed by atoms with E-state index in [-0.39, 0.29) is 18.9 Å². The summed E-state index contributed by atoms with van der Waals surface area (Å²) in [6, 6.07) is 15.9. The standard InChI is InChI=1S/C16H15ClN2O3/c17-13-8-6-12(7-9-13)10-15(20)18-19-16(21)11-22-14-4-2-1-3-5-14/h1-9H,10-11H2,(H,18,20)(H,19,21).